The molecule has 1 aromatic heterocycles. The second-order valence-electron chi connectivity index (χ2n) is 5.09. The summed E-state index contributed by atoms with van der Waals surface area (Å²) in [7, 11) is 1.51. The van der Waals surface area contributed by atoms with Crippen molar-refractivity contribution in [2.45, 2.75) is 19.4 Å². The van der Waals surface area contributed by atoms with Crippen molar-refractivity contribution < 1.29 is 13.9 Å². The number of rotatable bonds is 5. The van der Waals surface area contributed by atoms with Crippen LogP contribution in [0.2, 0.25) is 0 Å². The van der Waals surface area contributed by atoms with Crippen LogP contribution in [0.15, 0.2) is 35.7 Å². The van der Waals surface area contributed by atoms with Gasteiger partial charge in [-0.1, -0.05) is 18.2 Å². The number of hydrogen-bond acceptors (Lipinski definition) is 3. The number of nitrogens with one attached hydrogen (secondary N) is 1. The third kappa shape index (κ3) is 3.49. The molecule has 1 amide bonds. The molecule has 0 fully saturated rings. The predicted octanol–water partition coefficient (Wildman–Crippen LogP) is 3.49. The van der Waals surface area contributed by atoms with Gasteiger partial charge in [0.1, 0.15) is 11.4 Å². The lowest BCUT2D eigenvalue weighted by molar-refractivity contribution is 0.000423. The Morgan fingerprint density at radius 2 is 2.14 bits per heavy atom. The summed E-state index contributed by atoms with van der Waals surface area (Å²) in [6.07, 6.45) is 0. The highest BCUT2D eigenvalue weighted by Gasteiger charge is 2.30. The Morgan fingerprint density at radius 3 is 2.71 bits per heavy atom. The minimum Gasteiger partial charge on any atom is -0.372 e. The molecule has 0 aliphatic rings. The number of carbonyl (C=O) groups excluding carboxylic acids is 1. The Morgan fingerprint density at radius 1 is 1.43 bits per heavy atom. The molecule has 1 aromatic carbocycles. The van der Waals surface area contributed by atoms with Gasteiger partial charge in [-0.2, -0.15) is 0 Å². The molecule has 0 aliphatic carbocycles. The summed E-state index contributed by atoms with van der Waals surface area (Å²) in [5.74, 6) is -0.518. The number of methoxy groups -OCH3 is 1. The molecule has 2 aromatic rings. The molecule has 0 saturated carbocycles. The van der Waals surface area contributed by atoms with Crippen LogP contribution >= 0.6 is 11.3 Å². The van der Waals surface area contributed by atoms with E-state index >= 15 is 0 Å². The molecule has 3 nitrogen and oxygen atoms in total. The maximum absolute atomic E-state index is 13.9. The molecular weight excluding hydrogens is 289 g/mol. The Labute approximate surface area is 127 Å². The van der Waals surface area contributed by atoms with E-state index in [-0.39, 0.29) is 18.3 Å². The van der Waals surface area contributed by atoms with E-state index in [4.69, 9.17) is 4.74 Å². The summed E-state index contributed by atoms with van der Waals surface area (Å²) < 4.78 is 19.4. The van der Waals surface area contributed by atoms with E-state index in [0.29, 0.717) is 10.4 Å². The molecule has 0 spiro atoms. The first-order valence-corrected chi connectivity index (χ1v) is 7.48. The van der Waals surface area contributed by atoms with Crippen molar-refractivity contribution in [2.75, 3.05) is 13.7 Å². The first-order chi connectivity index (χ1) is 9.96. The molecule has 21 heavy (non-hydrogen) atoms. The molecular formula is C16H18FNO2S. The highest BCUT2D eigenvalue weighted by molar-refractivity contribution is 7.12. The smallest absolute Gasteiger partial charge is 0.261 e. The van der Waals surface area contributed by atoms with Gasteiger partial charge in [-0.25, -0.2) is 4.39 Å². The van der Waals surface area contributed by atoms with E-state index in [0.717, 1.165) is 5.56 Å². The maximum atomic E-state index is 13.9. The number of thiophene rings is 1. The SMILES string of the molecule is COC(C)(CNC(=O)c1cc(C)cs1)c1ccccc1F. The average molecular weight is 307 g/mol. The molecule has 1 atom stereocenters. The van der Waals surface area contributed by atoms with Crippen LogP contribution in [0, 0.1) is 12.7 Å². The van der Waals surface area contributed by atoms with Crippen LogP contribution in [-0.2, 0) is 10.3 Å². The molecule has 0 saturated heterocycles. The second kappa shape index (κ2) is 6.37. The topological polar surface area (TPSA) is 38.3 Å². The Kier molecular flexibility index (Phi) is 4.75. The highest BCUT2D eigenvalue weighted by Crippen LogP contribution is 2.26. The molecule has 0 aliphatic heterocycles. The van der Waals surface area contributed by atoms with Gasteiger partial charge in [0, 0.05) is 12.7 Å². The van der Waals surface area contributed by atoms with Crippen LogP contribution in [0.1, 0.15) is 27.7 Å². The fourth-order valence-electron chi connectivity index (χ4n) is 2.05. The zero-order valence-corrected chi connectivity index (χ0v) is 13.1. The summed E-state index contributed by atoms with van der Waals surface area (Å²) in [6.45, 7) is 3.89. The molecule has 2 rings (SSSR count). The number of carbonyl (C=O) groups is 1. The quantitative estimate of drug-likeness (QED) is 0.918. The third-order valence-electron chi connectivity index (χ3n) is 3.43. The number of benzene rings is 1. The number of ether oxygens (including phenoxy) is 1. The van der Waals surface area contributed by atoms with Crippen LogP contribution in [0.5, 0.6) is 0 Å². The summed E-state index contributed by atoms with van der Waals surface area (Å²) >= 11 is 1.39. The average Bonchev–Trinajstić information content (AvgIpc) is 2.91. The van der Waals surface area contributed by atoms with Crippen LogP contribution in [-0.4, -0.2) is 19.6 Å². The molecule has 0 radical (unpaired) electrons. The van der Waals surface area contributed by atoms with Crippen molar-refractivity contribution in [2.24, 2.45) is 0 Å². The van der Waals surface area contributed by atoms with Crippen LogP contribution in [0.4, 0.5) is 4.39 Å². The molecule has 0 bridgehead atoms. The molecule has 1 N–H and O–H groups in total. The predicted molar refractivity (Wildman–Crippen MR) is 82.2 cm³/mol. The van der Waals surface area contributed by atoms with Crippen molar-refractivity contribution in [1.29, 1.82) is 0 Å². The van der Waals surface area contributed by atoms with E-state index in [1.54, 1.807) is 25.1 Å². The van der Waals surface area contributed by atoms with E-state index in [9.17, 15) is 9.18 Å². The van der Waals surface area contributed by atoms with Crippen molar-refractivity contribution in [1.82, 2.24) is 5.32 Å². The number of hydrogen-bond donors (Lipinski definition) is 1. The standard InChI is InChI=1S/C16H18FNO2S/c1-11-8-14(21-9-11)15(19)18-10-16(2,20-3)12-6-4-5-7-13(12)17/h4-9H,10H2,1-3H3,(H,18,19). The van der Waals surface area contributed by atoms with Crippen LogP contribution in [0.25, 0.3) is 0 Å². The van der Waals surface area contributed by atoms with E-state index in [2.05, 4.69) is 5.32 Å². The first-order valence-electron chi connectivity index (χ1n) is 6.60. The minimum absolute atomic E-state index is 0.173. The van der Waals surface area contributed by atoms with Crippen molar-refractivity contribution >= 4 is 17.2 Å². The van der Waals surface area contributed by atoms with E-state index in [1.807, 2.05) is 18.4 Å². The highest BCUT2D eigenvalue weighted by atomic mass is 32.1. The van der Waals surface area contributed by atoms with Crippen molar-refractivity contribution in [3.05, 3.63) is 57.5 Å². The normalized spacial score (nSPS) is 13.7. The summed E-state index contributed by atoms with van der Waals surface area (Å²) in [5.41, 5.74) is 0.566. The summed E-state index contributed by atoms with van der Waals surface area (Å²) in [4.78, 5) is 12.7. The Balaban J connectivity index is 2.12. The summed E-state index contributed by atoms with van der Waals surface area (Å²) in [6, 6.07) is 8.26. The van der Waals surface area contributed by atoms with Crippen LogP contribution in [0.3, 0.4) is 0 Å². The van der Waals surface area contributed by atoms with E-state index < -0.39 is 5.60 Å². The molecule has 1 unspecified atom stereocenters. The lowest BCUT2D eigenvalue weighted by atomic mass is 9.95. The maximum Gasteiger partial charge on any atom is 0.261 e. The van der Waals surface area contributed by atoms with Gasteiger partial charge in [-0.15, -0.1) is 11.3 Å². The number of aryl methyl sites for hydroxylation is 1. The summed E-state index contributed by atoms with van der Waals surface area (Å²) in [5, 5.41) is 4.73. The fourth-order valence-corrected chi connectivity index (χ4v) is 2.87. The minimum atomic E-state index is -0.909. The van der Waals surface area contributed by atoms with Gasteiger partial charge < -0.3 is 10.1 Å². The lowest BCUT2D eigenvalue weighted by Gasteiger charge is -2.29. The molecule has 112 valence electrons. The first kappa shape index (κ1) is 15.7. The zero-order valence-electron chi connectivity index (χ0n) is 12.3. The van der Waals surface area contributed by atoms with Gasteiger partial charge in [-0.3, -0.25) is 4.79 Å². The molecule has 5 heteroatoms. The third-order valence-corrected chi connectivity index (χ3v) is 4.48. The van der Waals surface area contributed by atoms with Crippen molar-refractivity contribution in [3.8, 4) is 0 Å². The van der Waals surface area contributed by atoms with Crippen molar-refractivity contribution in [3.63, 3.8) is 0 Å². The number of amides is 1. The Bertz CT molecular complexity index is 641. The largest absolute Gasteiger partial charge is 0.372 e. The van der Waals surface area contributed by atoms with Gasteiger partial charge in [0.2, 0.25) is 0 Å². The monoisotopic (exact) mass is 307 g/mol. The van der Waals surface area contributed by atoms with Gasteiger partial charge >= 0.3 is 0 Å². The molecule has 1 heterocycles. The zero-order chi connectivity index (χ0) is 15.5. The van der Waals surface area contributed by atoms with Gasteiger partial charge in [0.25, 0.3) is 5.91 Å². The lowest BCUT2D eigenvalue weighted by Crippen LogP contribution is -2.40. The van der Waals surface area contributed by atoms with E-state index in [1.165, 1.54) is 24.5 Å². The second-order valence-corrected chi connectivity index (χ2v) is 6.00. The Hall–Kier alpha value is -1.72. The van der Waals surface area contributed by atoms with Crippen LogP contribution < -0.4 is 5.32 Å². The van der Waals surface area contributed by atoms with Gasteiger partial charge in [0.15, 0.2) is 0 Å². The fraction of sp³-hybridized carbons (Fsp3) is 0.312. The van der Waals surface area contributed by atoms with Gasteiger partial charge in [0.05, 0.1) is 11.4 Å². The van der Waals surface area contributed by atoms with Gasteiger partial charge in [-0.05, 0) is 36.9 Å². The number of halogens is 1.